The van der Waals surface area contributed by atoms with Gasteiger partial charge in [-0.3, -0.25) is 0 Å². The summed E-state index contributed by atoms with van der Waals surface area (Å²) in [6, 6.07) is 4.96. The summed E-state index contributed by atoms with van der Waals surface area (Å²) in [7, 11) is 1.58. The van der Waals surface area contributed by atoms with E-state index >= 15 is 0 Å². The molecule has 0 fully saturated rings. The van der Waals surface area contributed by atoms with Crippen LogP contribution in [0.1, 0.15) is 25.2 Å². The zero-order valence-electron chi connectivity index (χ0n) is 10.3. The van der Waals surface area contributed by atoms with Crippen molar-refractivity contribution in [3.8, 4) is 5.75 Å². The summed E-state index contributed by atoms with van der Waals surface area (Å²) in [5, 5.41) is 0.772. The van der Waals surface area contributed by atoms with Crippen LogP contribution in [-0.2, 0) is 0 Å². The molecule has 1 heterocycles. The van der Waals surface area contributed by atoms with Crippen LogP contribution < -0.4 is 10.5 Å². The molecule has 0 amide bonds. The Morgan fingerprint density at radius 1 is 1.47 bits per heavy atom. The molecule has 0 bridgehead atoms. The summed E-state index contributed by atoms with van der Waals surface area (Å²) >= 11 is 0. The summed E-state index contributed by atoms with van der Waals surface area (Å²) in [6.07, 6.45) is 0.537. The van der Waals surface area contributed by atoms with E-state index < -0.39 is 0 Å². The van der Waals surface area contributed by atoms with Gasteiger partial charge in [-0.15, -0.1) is 0 Å². The van der Waals surface area contributed by atoms with Crippen LogP contribution in [0.5, 0.6) is 5.75 Å². The molecule has 1 aromatic heterocycles. The lowest BCUT2D eigenvalue weighted by atomic mass is 10.2. The zero-order valence-corrected chi connectivity index (χ0v) is 10.3. The van der Waals surface area contributed by atoms with Gasteiger partial charge in [-0.05, 0) is 31.5 Å². The molecule has 0 aliphatic rings. The van der Waals surface area contributed by atoms with Gasteiger partial charge in [-0.25, -0.2) is 4.39 Å². The Kier molecular flexibility index (Phi) is 3.07. The fourth-order valence-electron chi connectivity index (χ4n) is 2.19. The molecular formula is C13H17FN2O. The van der Waals surface area contributed by atoms with Crippen LogP contribution in [0.15, 0.2) is 18.2 Å². The van der Waals surface area contributed by atoms with Gasteiger partial charge in [0.2, 0.25) is 0 Å². The lowest BCUT2D eigenvalue weighted by Gasteiger charge is -2.16. The Hall–Kier alpha value is -1.55. The number of halogens is 1. The fraction of sp³-hybridized carbons (Fsp3) is 0.385. The summed E-state index contributed by atoms with van der Waals surface area (Å²) < 4.78 is 21.0. The molecule has 2 rings (SSSR count). The SMILES string of the molecule is CCC(N)n1c(C)cc2c(OC)ccc(F)c21. The number of ether oxygens (including phenoxy) is 1. The lowest BCUT2D eigenvalue weighted by Crippen LogP contribution is -2.18. The first-order chi connectivity index (χ1) is 8.10. The standard InChI is InChI=1S/C13H17FN2O/c1-4-12(15)16-8(2)7-9-11(17-3)6-5-10(14)13(9)16/h5-7,12H,4,15H2,1-3H3. The van der Waals surface area contributed by atoms with Gasteiger partial charge >= 0.3 is 0 Å². The number of benzene rings is 1. The highest BCUT2D eigenvalue weighted by atomic mass is 19.1. The van der Waals surface area contributed by atoms with Gasteiger partial charge in [0.25, 0.3) is 0 Å². The molecule has 1 atom stereocenters. The smallest absolute Gasteiger partial charge is 0.147 e. The highest BCUT2D eigenvalue weighted by Gasteiger charge is 2.17. The minimum absolute atomic E-state index is 0.214. The maximum atomic E-state index is 13.9. The zero-order chi connectivity index (χ0) is 12.6. The maximum absolute atomic E-state index is 13.9. The van der Waals surface area contributed by atoms with E-state index in [1.165, 1.54) is 6.07 Å². The fourth-order valence-corrected chi connectivity index (χ4v) is 2.19. The molecule has 4 heteroatoms. The molecule has 0 saturated heterocycles. The van der Waals surface area contributed by atoms with Crippen molar-refractivity contribution in [3.05, 3.63) is 29.7 Å². The topological polar surface area (TPSA) is 40.2 Å². The van der Waals surface area contributed by atoms with E-state index in [4.69, 9.17) is 10.5 Å². The largest absolute Gasteiger partial charge is 0.496 e. The molecule has 2 N–H and O–H groups in total. The second-order valence-corrected chi connectivity index (χ2v) is 4.14. The third-order valence-corrected chi connectivity index (χ3v) is 3.07. The minimum Gasteiger partial charge on any atom is -0.496 e. The monoisotopic (exact) mass is 236 g/mol. The summed E-state index contributed by atoms with van der Waals surface area (Å²) in [6.45, 7) is 3.91. The highest BCUT2D eigenvalue weighted by molar-refractivity contribution is 5.88. The number of aromatic nitrogens is 1. The van der Waals surface area contributed by atoms with E-state index in [1.54, 1.807) is 13.2 Å². The number of nitrogens with zero attached hydrogens (tertiary/aromatic N) is 1. The Labute approximate surface area is 100.0 Å². The van der Waals surface area contributed by atoms with E-state index in [0.29, 0.717) is 11.3 Å². The van der Waals surface area contributed by atoms with Gasteiger partial charge < -0.3 is 15.0 Å². The van der Waals surface area contributed by atoms with Crippen molar-refractivity contribution >= 4 is 10.9 Å². The molecule has 1 aromatic carbocycles. The minimum atomic E-state index is -0.266. The Bertz CT molecular complexity index is 548. The van der Waals surface area contributed by atoms with Gasteiger partial charge in [-0.2, -0.15) is 0 Å². The van der Waals surface area contributed by atoms with Crippen molar-refractivity contribution in [2.45, 2.75) is 26.4 Å². The number of hydrogen-bond acceptors (Lipinski definition) is 2. The Balaban J connectivity index is 2.80. The first kappa shape index (κ1) is 11.9. The van der Waals surface area contributed by atoms with E-state index in [1.807, 2.05) is 24.5 Å². The third-order valence-electron chi connectivity index (χ3n) is 3.07. The molecule has 0 aliphatic heterocycles. The van der Waals surface area contributed by atoms with Gasteiger partial charge in [-0.1, -0.05) is 6.92 Å². The van der Waals surface area contributed by atoms with Gasteiger partial charge in [0.1, 0.15) is 11.6 Å². The van der Waals surface area contributed by atoms with Crippen LogP contribution in [-0.4, -0.2) is 11.7 Å². The van der Waals surface area contributed by atoms with Crippen molar-refractivity contribution in [1.82, 2.24) is 4.57 Å². The average molecular weight is 236 g/mol. The molecule has 0 saturated carbocycles. The Morgan fingerprint density at radius 3 is 2.76 bits per heavy atom. The number of methoxy groups -OCH3 is 1. The van der Waals surface area contributed by atoms with Crippen LogP contribution >= 0.6 is 0 Å². The van der Waals surface area contributed by atoms with E-state index in [0.717, 1.165) is 17.5 Å². The first-order valence-corrected chi connectivity index (χ1v) is 5.69. The van der Waals surface area contributed by atoms with Crippen molar-refractivity contribution in [2.24, 2.45) is 5.73 Å². The number of rotatable bonds is 3. The van der Waals surface area contributed by atoms with Gasteiger partial charge in [0.15, 0.2) is 0 Å². The van der Waals surface area contributed by atoms with Crippen LogP contribution in [0.4, 0.5) is 4.39 Å². The quantitative estimate of drug-likeness (QED) is 0.890. The average Bonchev–Trinajstić information content (AvgIpc) is 2.67. The van der Waals surface area contributed by atoms with Crippen molar-refractivity contribution in [3.63, 3.8) is 0 Å². The molecule has 1 unspecified atom stereocenters. The molecule has 17 heavy (non-hydrogen) atoms. The summed E-state index contributed by atoms with van der Waals surface area (Å²) in [5.74, 6) is 0.407. The van der Waals surface area contributed by atoms with E-state index in [2.05, 4.69) is 0 Å². The second-order valence-electron chi connectivity index (χ2n) is 4.14. The molecule has 3 nitrogen and oxygen atoms in total. The van der Waals surface area contributed by atoms with Crippen molar-refractivity contribution in [1.29, 1.82) is 0 Å². The molecule has 92 valence electrons. The number of aryl methyl sites for hydroxylation is 1. The van der Waals surface area contributed by atoms with Crippen molar-refractivity contribution < 1.29 is 9.13 Å². The molecule has 0 radical (unpaired) electrons. The first-order valence-electron chi connectivity index (χ1n) is 5.69. The second kappa shape index (κ2) is 4.37. The molecule has 0 aliphatic carbocycles. The third kappa shape index (κ3) is 1.78. The summed E-state index contributed by atoms with van der Waals surface area (Å²) in [4.78, 5) is 0. The lowest BCUT2D eigenvalue weighted by molar-refractivity contribution is 0.419. The van der Waals surface area contributed by atoms with E-state index in [-0.39, 0.29) is 12.0 Å². The number of hydrogen-bond donors (Lipinski definition) is 1. The molecular weight excluding hydrogens is 219 g/mol. The Morgan fingerprint density at radius 2 is 2.18 bits per heavy atom. The van der Waals surface area contributed by atoms with Crippen LogP contribution in [0.25, 0.3) is 10.9 Å². The predicted octanol–water partition coefficient (Wildman–Crippen LogP) is 2.96. The van der Waals surface area contributed by atoms with Crippen LogP contribution in [0, 0.1) is 12.7 Å². The number of fused-ring (bicyclic) bond motifs is 1. The van der Waals surface area contributed by atoms with Gasteiger partial charge in [0.05, 0.1) is 18.8 Å². The maximum Gasteiger partial charge on any atom is 0.147 e. The molecule has 2 aromatic rings. The highest BCUT2D eigenvalue weighted by Crippen LogP contribution is 2.32. The normalized spacial score (nSPS) is 13.0. The predicted molar refractivity (Wildman–Crippen MR) is 66.7 cm³/mol. The number of nitrogens with two attached hydrogens (primary N) is 1. The summed E-state index contributed by atoms with van der Waals surface area (Å²) in [5.41, 5.74) is 7.49. The van der Waals surface area contributed by atoms with Crippen LogP contribution in [0.2, 0.25) is 0 Å². The van der Waals surface area contributed by atoms with E-state index in [9.17, 15) is 4.39 Å². The van der Waals surface area contributed by atoms with Gasteiger partial charge in [0, 0.05) is 11.1 Å². The molecule has 0 spiro atoms. The van der Waals surface area contributed by atoms with Crippen molar-refractivity contribution in [2.75, 3.05) is 7.11 Å². The van der Waals surface area contributed by atoms with Crippen LogP contribution in [0.3, 0.4) is 0 Å².